The largest absolute Gasteiger partial charge is 0.374 e. The van der Waals surface area contributed by atoms with E-state index in [1.807, 2.05) is 11.8 Å². The summed E-state index contributed by atoms with van der Waals surface area (Å²) in [5, 5.41) is 3.71. The number of hydrogen-bond acceptors (Lipinski definition) is 7. The molecule has 1 aliphatic heterocycles. The van der Waals surface area contributed by atoms with E-state index in [0.717, 1.165) is 32.7 Å². The number of amides is 1. The number of rotatable bonds is 6. The van der Waals surface area contributed by atoms with Gasteiger partial charge in [0.15, 0.2) is 5.82 Å². The van der Waals surface area contributed by atoms with Crippen molar-refractivity contribution in [2.75, 3.05) is 51.7 Å². The number of nitrogens with one attached hydrogen (secondary N) is 1. The third-order valence-corrected chi connectivity index (χ3v) is 4.41. The number of nitrogens with zero attached hydrogens (tertiary/aromatic N) is 4. The Kier molecular flexibility index (Phi) is 5.89. The minimum Gasteiger partial charge on any atom is -0.374 e. The molecule has 1 unspecified atom stereocenters. The van der Waals surface area contributed by atoms with Crippen molar-refractivity contribution in [2.45, 2.75) is 20.0 Å². The molecular formula is C13H23N5O2S. The van der Waals surface area contributed by atoms with Crippen molar-refractivity contribution in [3.05, 3.63) is 5.82 Å². The lowest BCUT2D eigenvalue weighted by atomic mass is 10.3. The lowest BCUT2D eigenvalue weighted by Gasteiger charge is -2.34. The molecule has 0 aromatic carbocycles. The van der Waals surface area contributed by atoms with Gasteiger partial charge in [-0.2, -0.15) is 4.37 Å². The van der Waals surface area contributed by atoms with E-state index in [2.05, 4.69) is 26.5 Å². The predicted octanol–water partition coefficient (Wildman–Crippen LogP) is 0.821. The molecule has 0 radical (unpaired) electrons. The van der Waals surface area contributed by atoms with Gasteiger partial charge in [0.1, 0.15) is 6.10 Å². The second-order valence-electron chi connectivity index (χ2n) is 5.00. The first kappa shape index (κ1) is 16.1. The minimum absolute atomic E-state index is 0.113. The van der Waals surface area contributed by atoms with E-state index in [1.54, 1.807) is 7.11 Å². The van der Waals surface area contributed by atoms with Gasteiger partial charge in [-0.1, -0.05) is 6.92 Å². The van der Waals surface area contributed by atoms with Gasteiger partial charge in [-0.05, 0) is 13.5 Å². The Balaban J connectivity index is 1.77. The van der Waals surface area contributed by atoms with Crippen LogP contribution in [0, 0.1) is 0 Å². The van der Waals surface area contributed by atoms with Crippen molar-refractivity contribution < 1.29 is 9.53 Å². The number of anilines is 1. The molecule has 0 aliphatic carbocycles. The average molecular weight is 313 g/mol. The van der Waals surface area contributed by atoms with Gasteiger partial charge in [-0.25, -0.2) is 4.98 Å². The number of piperazine rings is 1. The van der Waals surface area contributed by atoms with Crippen LogP contribution in [0.15, 0.2) is 0 Å². The molecule has 1 saturated heterocycles. The number of carbonyl (C=O) groups is 1. The third kappa shape index (κ3) is 4.36. The van der Waals surface area contributed by atoms with Gasteiger partial charge in [0.05, 0.1) is 6.54 Å². The molecule has 1 aromatic heterocycles. The number of aromatic nitrogens is 2. The van der Waals surface area contributed by atoms with E-state index in [0.29, 0.717) is 11.0 Å². The number of likely N-dealkylation sites (N-methyl/N-ethyl adjacent to an activating group) is 1. The molecular weight excluding hydrogens is 290 g/mol. The van der Waals surface area contributed by atoms with Crippen LogP contribution in [-0.2, 0) is 9.53 Å². The van der Waals surface area contributed by atoms with Gasteiger partial charge in [0.25, 0.3) is 0 Å². The Hall–Kier alpha value is -1.25. The number of carbonyl (C=O) groups excluding carboxylic acids is 1. The topological polar surface area (TPSA) is 70.6 Å². The van der Waals surface area contributed by atoms with Gasteiger partial charge in [-0.15, -0.1) is 0 Å². The molecule has 118 valence electrons. The molecule has 1 N–H and O–H groups in total. The molecule has 0 bridgehead atoms. The maximum absolute atomic E-state index is 12.1. The minimum atomic E-state index is -0.130. The third-order valence-electron chi connectivity index (χ3n) is 3.72. The Bertz CT molecular complexity index is 459. The first-order chi connectivity index (χ1) is 10.1. The van der Waals surface area contributed by atoms with Gasteiger partial charge in [0.2, 0.25) is 11.0 Å². The molecule has 2 rings (SSSR count). The van der Waals surface area contributed by atoms with Crippen LogP contribution in [0.25, 0.3) is 0 Å². The molecule has 21 heavy (non-hydrogen) atoms. The summed E-state index contributed by atoms with van der Waals surface area (Å²) < 4.78 is 9.37. The molecule has 7 nitrogen and oxygen atoms in total. The first-order valence-electron chi connectivity index (χ1n) is 7.24. The van der Waals surface area contributed by atoms with Crippen LogP contribution in [0.1, 0.15) is 25.8 Å². The average Bonchev–Trinajstić information content (AvgIpc) is 3.01. The van der Waals surface area contributed by atoms with Crippen molar-refractivity contribution in [2.24, 2.45) is 0 Å². The van der Waals surface area contributed by atoms with Gasteiger partial charge in [-0.3, -0.25) is 4.79 Å². The molecule has 1 fully saturated rings. The van der Waals surface area contributed by atoms with Crippen molar-refractivity contribution >= 4 is 22.6 Å². The van der Waals surface area contributed by atoms with Crippen LogP contribution in [0.2, 0.25) is 0 Å². The van der Waals surface area contributed by atoms with E-state index in [-0.39, 0.29) is 18.6 Å². The summed E-state index contributed by atoms with van der Waals surface area (Å²) in [6.07, 6.45) is -0.130. The second-order valence-corrected chi connectivity index (χ2v) is 5.76. The highest BCUT2D eigenvalue weighted by Crippen LogP contribution is 2.18. The molecule has 0 saturated carbocycles. The van der Waals surface area contributed by atoms with Crippen molar-refractivity contribution in [3.8, 4) is 0 Å². The van der Waals surface area contributed by atoms with Crippen LogP contribution in [0.5, 0.6) is 0 Å². The summed E-state index contributed by atoms with van der Waals surface area (Å²) >= 11 is 1.25. The lowest BCUT2D eigenvalue weighted by Crippen LogP contribution is -2.49. The molecule has 1 amide bonds. The molecule has 2 heterocycles. The fourth-order valence-electron chi connectivity index (χ4n) is 2.15. The van der Waals surface area contributed by atoms with Crippen LogP contribution < -0.4 is 5.32 Å². The maximum atomic E-state index is 12.1. The van der Waals surface area contributed by atoms with Crippen molar-refractivity contribution in [1.82, 2.24) is 19.2 Å². The van der Waals surface area contributed by atoms with Gasteiger partial charge < -0.3 is 19.9 Å². The predicted molar refractivity (Wildman–Crippen MR) is 82.5 cm³/mol. The summed E-state index contributed by atoms with van der Waals surface area (Å²) in [6, 6.07) is 0. The highest BCUT2D eigenvalue weighted by Gasteiger charge is 2.20. The normalized spacial score (nSPS) is 17.8. The Morgan fingerprint density at radius 1 is 1.43 bits per heavy atom. The molecule has 1 atom stereocenters. The number of methoxy groups -OCH3 is 1. The van der Waals surface area contributed by atoms with Crippen molar-refractivity contribution in [1.29, 1.82) is 0 Å². The monoisotopic (exact) mass is 313 g/mol. The first-order valence-corrected chi connectivity index (χ1v) is 8.01. The van der Waals surface area contributed by atoms with E-state index in [4.69, 9.17) is 4.74 Å². The quantitative estimate of drug-likeness (QED) is 0.838. The zero-order valence-electron chi connectivity index (χ0n) is 12.8. The lowest BCUT2D eigenvalue weighted by molar-refractivity contribution is -0.131. The number of ether oxygens (including phenoxy) is 1. The second kappa shape index (κ2) is 7.67. The summed E-state index contributed by atoms with van der Waals surface area (Å²) in [4.78, 5) is 20.7. The highest BCUT2D eigenvalue weighted by molar-refractivity contribution is 7.09. The van der Waals surface area contributed by atoms with E-state index in [9.17, 15) is 4.79 Å². The zero-order chi connectivity index (χ0) is 15.2. The SMILES string of the molecule is CCN1CCN(C(=O)CNc2nc(C(C)OC)ns2)CC1. The molecule has 1 aromatic rings. The standard InChI is InChI=1S/C13H23N5O2S/c1-4-17-5-7-18(8-6-17)11(19)9-14-13-15-12(16-21-13)10(2)20-3/h10H,4-9H2,1-3H3,(H,14,15,16). The van der Waals surface area contributed by atoms with Gasteiger partial charge in [0, 0.05) is 44.8 Å². The van der Waals surface area contributed by atoms with Crippen LogP contribution in [-0.4, -0.2) is 71.4 Å². The Morgan fingerprint density at radius 2 is 2.14 bits per heavy atom. The summed E-state index contributed by atoms with van der Waals surface area (Å²) in [5.74, 6) is 0.760. The van der Waals surface area contributed by atoms with E-state index < -0.39 is 0 Å². The Labute approximate surface area is 129 Å². The fourth-order valence-corrected chi connectivity index (χ4v) is 2.79. The smallest absolute Gasteiger partial charge is 0.242 e. The fraction of sp³-hybridized carbons (Fsp3) is 0.769. The van der Waals surface area contributed by atoms with Crippen LogP contribution in [0.3, 0.4) is 0 Å². The van der Waals surface area contributed by atoms with E-state index in [1.165, 1.54) is 11.5 Å². The summed E-state index contributed by atoms with van der Waals surface area (Å²) in [6.45, 7) is 8.87. The summed E-state index contributed by atoms with van der Waals surface area (Å²) in [7, 11) is 1.62. The zero-order valence-corrected chi connectivity index (χ0v) is 13.7. The molecule has 1 aliphatic rings. The molecule has 0 spiro atoms. The van der Waals surface area contributed by atoms with Crippen LogP contribution in [0.4, 0.5) is 5.13 Å². The van der Waals surface area contributed by atoms with Crippen LogP contribution >= 0.6 is 11.5 Å². The highest BCUT2D eigenvalue weighted by atomic mass is 32.1. The summed E-state index contributed by atoms with van der Waals surface area (Å²) in [5.41, 5.74) is 0. The number of hydrogen-bond donors (Lipinski definition) is 1. The van der Waals surface area contributed by atoms with Crippen molar-refractivity contribution in [3.63, 3.8) is 0 Å². The van der Waals surface area contributed by atoms with Gasteiger partial charge >= 0.3 is 0 Å². The van der Waals surface area contributed by atoms with E-state index >= 15 is 0 Å². The molecule has 8 heteroatoms. The maximum Gasteiger partial charge on any atom is 0.242 e. The Morgan fingerprint density at radius 3 is 2.76 bits per heavy atom.